The molecule has 0 spiro atoms. The van der Waals surface area contributed by atoms with Crippen LogP contribution in [-0.2, 0) is 6.42 Å². The molecule has 2 heteroatoms. The summed E-state index contributed by atoms with van der Waals surface area (Å²) in [5, 5.41) is 0. The summed E-state index contributed by atoms with van der Waals surface area (Å²) in [5.41, 5.74) is 6.99. The summed E-state index contributed by atoms with van der Waals surface area (Å²) >= 11 is 0. The summed E-state index contributed by atoms with van der Waals surface area (Å²) in [7, 11) is 0. The van der Waals surface area contributed by atoms with E-state index in [0.717, 1.165) is 12.2 Å². The summed E-state index contributed by atoms with van der Waals surface area (Å²) < 4.78 is 5.58. The van der Waals surface area contributed by atoms with E-state index in [1.807, 2.05) is 18.2 Å². The maximum absolute atomic E-state index is 5.79. The van der Waals surface area contributed by atoms with Gasteiger partial charge in [0.1, 0.15) is 5.75 Å². The van der Waals surface area contributed by atoms with Crippen LogP contribution < -0.4 is 10.5 Å². The van der Waals surface area contributed by atoms with Crippen molar-refractivity contribution in [2.75, 3.05) is 6.61 Å². The Morgan fingerprint density at radius 2 is 2.29 bits per heavy atom. The number of nitrogens with two attached hydrogens (primary N) is 1. The SMILES string of the molecule is C#CC(N)C1COc2ccccc2C1. The van der Waals surface area contributed by atoms with Crippen molar-refractivity contribution >= 4 is 0 Å². The van der Waals surface area contributed by atoms with Crippen LogP contribution >= 0.6 is 0 Å². The van der Waals surface area contributed by atoms with E-state index in [4.69, 9.17) is 16.9 Å². The third-order valence-corrected chi connectivity index (χ3v) is 2.61. The number of terminal acetylenes is 1. The zero-order chi connectivity index (χ0) is 9.97. The van der Waals surface area contributed by atoms with Crippen molar-refractivity contribution in [1.29, 1.82) is 0 Å². The van der Waals surface area contributed by atoms with E-state index >= 15 is 0 Å². The zero-order valence-corrected chi connectivity index (χ0v) is 7.94. The highest BCUT2D eigenvalue weighted by atomic mass is 16.5. The van der Waals surface area contributed by atoms with E-state index in [0.29, 0.717) is 6.61 Å². The third kappa shape index (κ3) is 1.59. The Bertz CT molecular complexity index is 367. The summed E-state index contributed by atoms with van der Waals surface area (Å²) in [4.78, 5) is 0. The zero-order valence-electron chi connectivity index (χ0n) is 7.94. The molecular weight excluding hydrogens is 174 g/mol. The van der Waals surface area contributed by atoms with Crippen molar-refractivity contribution in [3.05, 3.63) is 29.8 Å². The number of para-hydroxylation sites is 1. The molecule has 1 aromatic rings. The highest BCUT2D eigenvalue weighted by Crippen LogP contribution is 2.27. The van der Waals surface area contributed by atoms with Crippen molar-refractivity contribution < 1.29 is 4.74 Å². The maximum Gasteiger partial charge on any atom is 0.122 e. The van der Waals surface area contributed by atoms with Gasteiger partial charge in [0.25, 0.3) is 0 Å². The van der Waals surface area contributed by atoms with Crippen molar-refractivity contribution in [1.82, 2.24) is 0 Å². The van der Waals surface area contributed by atoms with Crippen LogP contribution in [-0.4, -0.2) is 12.6 Å². The largest absolute Gasteiger partial charge is 0.493 e. The molecule has 0 bridgehead atoms. The molecule has 0 radical (unpaired) electrons. The number of fused-ring (bicyclic) bond motifs is 1. The molecule has 0 amide bonds. The van der Waals surface area contributed by atoms with Crippen LogP contribution in [0.3, 0.4) is 0 Å². The molecule has 0 aromatic heterocycles. The Kier molecular flexibility index (Phi) is 2.43. The lowest BCUT2D eigenvalue weighted by Crippen LogP contribution is -2.36. The average molecular weight is 187 g/mol. The van der Waals surface area contributed by atoms with Gasteiger partial charge in [0.2, 0.25) is 0 Å². The molecule has 0 fully saturated rings. The summed E-state index contributed by atoms with van der Waals surface area (Å²) in [6, 6.07) is 7.81. The van der Waals surface area contributed by atoms with Gasteiger partial charge in [-0.15, -0.1) is 6.42 Å². The number of rotatable bonds is 1. The number of ether oxygens (including phenoxy) is 1. The monoisotopic (exact) mass is 187 g/mol. The Labute approximate surface area is 84.1 Å². The Hall–Kier alpha value is -1.46. The lowest BCUT2D eigenvalue weighted by Gasteiger charge is -2.27. The molecule has 1 heterocycles. The maximum atomic E-state index is 5.79. The summed E-state index contributed by atoms with van der Waals surface area (Å²) in [6.07, 6.45) is 6.21. The van der Waals surface area contributed by atoms with Crippen LogP contribution in [0.2, 0.25) is 0 Å². The first-order valence-corrected chi connectivity index (χ1v) is 4.73. The molecule has 1 aliphatic rings. The Morgan fingerprint density at radius 1 is 1.50 bits per heavy atom. The van der Waals surface area contributed by atoms with Gasteiger partial charge < -0.3 is 10.5 Å². The second-order valence-corrected chi connectivity index (χ2v) is 3.58. The third-order valence-electron chi connectivity index (χ3n) is 2.61. The topological polar surface area (TPSA) is 35.2 Å². The fourth-order valence-electron chi connectivity index (χ4n) is 1.72. The average Bonchev–Trinajstić information content (AvgIpc) is 2.27. The molecule has 2 atom stereocenters. The highest BCUT2D eigenvalue weighted by Gasteiger charge is 2.23. The number of benzene rings is 1. The van der Waals surface area contributed by atoms with Gasteiger partial charge in [0.05, 0.1) is 12.6 Å². The van der Waals surface area contributed by atoms with E-state index < -0.39 is 0 Å². The van der Waals surface area contributed by atoms with Gasteiger partial charge >= 0.3 is 0 Å². The lowest BCUT2D eigenvalue weighted by atomic mass is 9.91. The van der Waals surface area contributed by atoms with E-state index in [-0.39, 0.29) is 12.0 Å². The number of hydrogen-bond donors (Lipinski definition) is 1. The molecule has 0 aliphatic carbocycles. The molecule has 0 saturated heterocycles. The second kappa shape index (κ2) is 3.73. The predicted molar refractivity (Wildman–Crippen MR) is 55.9 cm³/mol. The highest BCUT2D eigenvalue weighted by molar-refractivity contribution is 5.35. The van der Waals surface area contributed by atoms with Gasteiger partial charge in [0.15, 0.2) is 0 Å². The first-order valence-electron chi connectivity index (χ1n) is 4.73. The van der Waals surface area contributed by atoms with Crippen molar-refractivity contribution in [3.63, 3.8) is 0 Å². The van der Waals surface area contributed by atoms with Gasteiger partial charge in [-0.05, 0) is 18.1 Å². The Balaban J connectivity index is 2.18. The van der Waals surface area contributed by atoms with Crippen LogP contribution in [0.25, 0.3) is 0 Å². The quantitative estimate of drug-likeness (QED) is 0.670. The van der Waals surface area contributed by atoms with Gasteiger partial charge in [0, 0.05) is 5.92 Å². The molecule has 2 nitrogen and oxygen atoms in total. The molecular formula is C12H13NO. The van der Waals surface area contributed by atoms with E-state index in [2.05, 4.69) is 12.0 Å². The van der Waals surface area contributed by atoms with Crippen LogP contribution in [0.15, 0.2) is 24.3 Å². The van der Waals surface area contributed by atoms with Crippen molar-refractivity contribution in [2.24, 2.45) is 11.7 Å². The lowest BCUT2D eigenvalue weighted by molar-refractivity contribution is 0.213. The van der Waals surface area contributed by atoms with Crippen LogP contribution in [0.5, 0.6) is 5.75 Å². The van der Waals surface area contributed by atoms with Gasteiger partial charge in [-0.25, -0.2) is 0 Å². The molecule has 1 aliphatic heterocycles. The predicted octanol–water partition coefficient (Wildman–Crippen LogP) is 1.20. The normalized spacial score (nSPS) is 21.6. The second-order valence-electron chi connectivity index (χ2n) is 3.58. The molecule has 14 heavy (non-hydrogen) atoms. The van der Waals surface area contributed by atoms with Gasteiger partial charge in [-0.2, -0.15) is 0 Å². The first kappa shape index (κ1) is 9.11. The van der Waals surface area contributed by atoms with E-state index in [9.17, 15) is 0 Å². The first-order chi connectivity index (χ1) is 6.81. The molecule has 72 valence electrons. The fourth-order valence-corrected chi connectivity index (χ4v) is 1.72. The Morgan fingerprint density at radius 3 is 3.07 bits per heavy atom. The minimum atomic E-state index is -0.205. The smallest absolute Gasteiger partial charge is 0.122 e. The minimum Gasteiger partial charge on any atom is -0.493 e. The molecule has 0 saturated carbocycles. The molecule has 2 N–H and O–H groups in total. The molecule has 1 aromatic carbocycles. The minimum absolute atomic E-state index is 0.205. The number of hydrogen-bond acceptors (Lipinski definition) is 2. The van der Waals surface area contributed by atoms with Crippen LogP contribution in [0.1, 0.15) is 5.56 Å². The van der Waals surface area contributed by atoms with Crippen LogP contribution in [0.4, 0.5) is 0 Å². The van der Waals surface area contributed by atoms with Crippen molar-refractivity contribution in [2.45, 2.75) is 12.5 Å². The van der Waals surface area contributed by atoms with Gasteiger partial charge in [-0.1, -0.05) is 24.1 Å². The van der Waals surface area contributed by atoms with E-state index in [1.165, 1.54) is 5.56 Å². The fraction of sp³-hybridized carbons (Fsp3) is 0.333. The van der Waals surface area contributed by atoms with Crippen molar-refractivity contribution in [3.8, 4) is 18.1 Å². The van der Waals surface area contributed by atoms with Gasteiger partial charge in [-0.3, -0.25) is 0 Å². The van der Waals surface area contributed by atoms with E-state index in [1.54, 1.807) is 0 Å². The summed E-state index contributed by atoms with van der Waals surface area (Å²) in [5.74, 6) is 3.77. The molecule has 2 rings (SSSR count). The molecule has 2 unspecified atom stereocenters. The summed E-state index contributed by atoms with van der Waals surface area (Å²) in [6.45, 7) is 0.627. The van der Waals surface area contributed by atoms with Crippen LogP contribution in [0, 0.1) is 18.3 Å². The standard InChI is InChI=1S/C12H13NO/c1-2-11(13)10-7-9-5-3-4-6-12(9)14-8-10/h1,3-6,10-11H,7-8,13H2.